The van der Waals surface area contributed by atoms with E-state index in [2.05, 4.69) is 6.07 Å². The van der Waals surface area contributed by atoms with Gasteiger partial charge in [0.05, 0.1) is 30.0 Å². The minimum atomic E-state index is -0.453. The fourth-order valence-electron chi connectivity index (χ4n) is 3.95. The van der Waals surface area contributed by atoms with Crippen LogP contribution in [0.4, 0.5) is 0 Å². The topological polar surface area (TPSA) is 64.4 Å². The third-order valence-corrected chi connectivity index (χ3v) is 5.39. The van der Waals surface area contributed by atoms with Gasteiger partial charge in [0.1, 0.15) is 6.10 Å². The number of rotatable bonds is 5. The number of carbonyl (C=O) groups is 1. The monoisotopic (exact) mass is 391 g/mol. The number of aromatic nitrogens is 2. The molecule has 1 unspecified atom stereocenters. The highest BCUT2D eigenvalue weighted by molar-refractivity contribution is 5.84. The van der Waals surface area contributed by atoms with Gasteiger partial charge in [-0.2, -0.15) is 0 Å². The fraction of sp³-hybridized carbons (Fsp3) is 0.348. The molecule has 1 aliphatic rings. The summed E-state index contributed by atoms with van der Waals surface area (Å²) >= 11 is 0. The van der Waals surface area contributed by atoms with E-state index in [9.17, 15) is 9.59 Å². The number of esters is 1. The van der Waals surface area contributed by atoms with Crippen molar-refractivity contribution in [3.63, 3.8) is 0 Å². The van der Waals surface area contributed by atoms with Crippen LogP contribution in [-0.4, -0.2) is 41.1 Å². The lowest BCUT2D eigenvalue weighted by Crippen LogP contribution is -2.27. The molecule has 1 aromatic carbocycles. The minimum Gasteiger partial charge on any atom is -0.457 e. The van der Waals surface area contributed by atoms with E-state index in [1.807, 2.05) is 51.4 Å². The van der Waals surface area contributed by atoms with Gasteiger partial charge in [-0.05, 0) is 45.6 Å². The molecule has 0 spiro atoms. The highest BCUT2D eigenvalue weighted by Crippen LogP contribution is 2.34. The zero-order chi connectivity index (χ0) is 20.7. The van der Waals surface area contributed by atoms with E-state index in [1.165, 1.54) is 0 Å². The number of carbonyl (C=O) groups excluding carboxylic acids is 1. The Morgan fingerprint density at radius 3 is 2.76 bits per heavy atom. The first-order chi connectivity index (χ1) is 13.9. The number of fused-ring (bicyclic) bond motifs is 4. The summed E-state index contributed by atoms with van der Waals surface area (Å²) in [5.74, 6) is -0.300. The molecule has 0 aliphatic carbocycles. The second-order valence-corrected chi connectivity index (χ2v) is 7.81. The SMILES string of the molecule is CCC(OC(=O)CN(C)C)c1cc2n(c(=O)c1C)Cc1cc3ccccc3nc1-2. The van der Waals surface area contributed by atoms with Crippen LogP contribution in [0.25, 0.3) is 22.3 Å². The van der Waals surface area contributed by atoms with Crippen LogP contribution in [-0.2, 0) is 16.1 Å². The molecular weight excluding hydrogens is 366 g/mol. The van der Waals surface area contributed by atoms with Crippen LogP contribution >= 0.6 is 0 Å². The van der Waals surface area contributed by atoms with Crippen LogP contribution in [0, 0.1) is 6.92 Å². The zero-order valence-electron chi connectivity index (χ0n) is 17.2. The van der Waals surface area contributed by atoms with Gasteiger partial charge in [0.25, 0.3) is 5.56 Å². The van der Waals surface area contributed by atoms with E-state index in [1.54, 1.807) is 16.4 Å². The van der Waals surface area contributed by atoms with E-state index < -0.39 is 6.10 Å². The molecule has 6 heteroatoms. The van der Waals surface area contributed by atoms with Crippen LogP contribution in [0.5, 0.6) is 0 Å². The maximum absolute atomic E-state index is 13.1. The smallest absolute Gasteiger partial charge is 0.320 e. The Morgan fingerprint density at radius 1 is 1.28 bits per heavy atom. The summed E-state index contributed by atoms with van der Waals surface area (Å²) in [6, 6.07) is 12.0. The van der Waals surface area contributed by atoms with E-state index in [-0.39, 0.29) is 18.1 Å². The Bertz CT molecular complexity index is 1160. The van der Waals surface area contributed by atoms with Crippen molar-refractivity contribution in [1.82, 2.24) is 14.5 Å². The molecule has 1 atom stereocenters. The largest absolute Gasteiger partial charge is 0.457 e. The highest BCUT2D eigenvalue weighted by atomic mass is 16.5. The Kier molecular flexibility index (Phi) is 4.96. The summed E-state index contributed by atoms with van der Waals surface area (Å²) in [6.45, 7) is 4.48. The number of nitrogens with zero attached hydrogens (tertiary/aromatic N) is 3. The second kappa shape index (κ2) is 7.44. The molecule has 0 N–H and O–H groups in total. The first-order valence-corrected chi connectivity index (χ1v) is 9.86. The van der Waals surface area contributed by atoms with Crippen molar-refractivity contribution in [3.8, 4) is 11.4 Å². The summed E-state index contributed by atoms with van der Waals surface area (Å²) in [6.07, 6.45) is 0.145. The maximum atomic E-state index is 13.1. The standard InChI is InChI=1S/C23H25N3O3/c1-5-20(29-21(27)13-25(3)4)17-11-19-22-16(12-26(19)23(28)14(17)2)10-15-8-6-7-9-18(15)24-22/h6-11,20H,5,12-13H2,1-4H3. The van der Waals surface area contributed by atoms with E-state index >= 15 is 0 Å². The molecule has 0 amide bonds. The van der Waals surface area contributed by atoms with Gasteiger partial charge >= 0.3 is 5.97 Å². The zero-order valence-corrected chi connectivity index (χ0v) is 17.2. The van der Waals surface area contributed by atoms with Crippen molar-refractivity contribution in [2.45, 2.75) is 32.9 Å². The van der Waals surface area contributed by atoms with Crippen molar-refractivity contribution >= 4 is 16.9 Å². The maximum Gasteiger partial charge on any atom is 0.320 e. The van der Waals surface area contributed by atoms with E-state index in [0.717, 1.165) is 33.4 Å². The normalized spacial score (nSPS) is 13.4. The molecule has 0 saturated carbocycles. The van der Waals surface area contributed by atoms with Crippen molar-refractivity contribution in [1.29, 1.82) is 0 Å². The summed E-state index contributed by atoms with van der Waals surface area (Å²) in [5.41, 5.74) is 4.89. The molecule has 29 heavy (non-hydrogen) atoms. The number of hydrogen-bond acceptors (Lipinski definition) is 5. The van der Waals surface area contributed by atoms with Gasteiger partial charge in [-0.1, -0.05) is 25.1 Å². The fourth-order valence-corrected chi connectivity index (χ4v) is 3.95. The predicted molar refractivity (Wildman–Crippen MR) is 113 cm³/mol. The average molecular weight is 391 g/mol. The molecule has 0 radical (unpaired) electrons. The number of benzene rings is 1. The Balaban J connectivity index is 1.80. The van der Waals surface area contributed by atoms with Gasteiger partial charge < -0.3 is 9.30 Å². The molecule has 4 rings (SSSR count). The van der Waals surface area contributed by atoms with Crippen LogP contribution in [0.2, 0.25) is 0 Å². The Labute approximate surface area is 169 Å². The molecule has 0 fully saturated rings. The van der Waals surface area contributed by atoms with Crippen LogP contribution < -0.4 is 5.56 Å². The van der Waals surface area contributed by atoms with Crippen molar-refractivity contribution in [2.75, 3.05) is 20.6 Å². The summed E-state index contributed by atoms with van der Waals surface area (Å²) < 4.78 is 7.47. The molecule has 1 aliphatic heterocycles. The first-order valence-electron chi connectivity index (χ1n) is 9.86. The number of pyridine rings is 2. The average Bonchev–Trinajstić information content (AvgIpc) is 3.04. The summed E-state index contributed by atoms with van der Waals surface area (Å²) in [4.78, 5) is 31.9. The van der Waals surface area contributed by atoms with Gasteiger partial charge in [0, 0.05) is 22.1 Å². The van der Waals surface area contributed by atoms with E-state index in [0.29, 0.717) is 18.5 Å². The van der Waals surface area contributed by atoms with Crippen LogP contribution in [0.3, 0.4) is 0 Å². The lowest BCUT2D eigenvalue weighted by atomic mass is 10.0. The quantitative estimate of drug-likeness (QED) is 0.489. The molecule has 3 heterocycles. The molecule has 2 aromatic heterocycles. The lowest BCUT2D eigenvalue weighted by molar-refractivity contribution is -0.150. The van der Waals surface area contributed by atoms with Gasteiger partial charge in [-0.25, -0.2) is 4.98 Å². The van der Waals surface area contributed by atoms with Gasteiger partial charge in [0.2, 0.25) is 0 Å². The third kappa shape index (κ3) is 3.44. The Hall–Kier alpha value is -2.99. The van der Waals surface area contributed by atoms with Crippen molar-refractivity contribution < 1.29 is 9.53 Å². The van der Waals surface area contributed by atoms with Gasteiger partial charge in [-0.3, -0.25) is 14.5 Å². The molecule has 3 aromatic rings. The molecule has 0 saturated heterocycles. The summed E-state index contributed by atoms with van der Waals surface area (Å²) in [5, 5.41) is 1.06. The molecular formula is C23H25N3O3. The van der Waals surface area contributed by atoms with Crippen LogP contribution in [0.1, 0.15) is 36.1 Å². The number of hydrogen-bond donors (Lipinski definition) is 0. The number of ether oxygens (including phenoxy) is 1. The second-order valence-electron chi connectivity index (χ2n) is 7.81. The van der Waals surface area contributed by atoms with E-state index in [4.69, 9.17) is 9.72 Å². The van der Waals surface area contributed by atoms with Gasteiger partial charge in [0.15, 0.2) is 0 Å². The molecule has 6 nitrogen and oxygen atoms in total. The van der Waals surface area contributed by atoms with Crippen molar-refractivity contribution in [2.24, 2.45) is 0 Å². The first kappa shape index (κ1) is 19.3. The summed E-state index contributed by atoms with van der Waals surface area (Å²) in [7, 11) is 3.64. The van der Waals surface area contributed by atoms with Crippen LogP contribution in [0.15, 0.2) is 41.2 Å². The number of likely N-dealkylation sites (N-methyl/N-ethyl adjacent to an activating group) is 1. The minimum absolute atomic E-state index is 0.0540. The Morgan fingerprint density at radius 2 is 2.03 bits per heavy atom. The lowest BCUT2D eigenvalue weighted by Gasteiger charge is -2.21. The number of para-hydroxylation sites is 1. The molecule has 0 bridgehead atoms. The third-order valence-electron chi connectivity index (χ3n) is 5.39. The van der Waals surface area contributed by atoms with Crippen molar-refractivity contribution in [3.05, 3.63) is 63.4 Å². The highest BCUT2D eigenvalue weighted by Gasteiger charge is 2.27. The van der Waals surface area contributed by atoms with Gasteiger partial charge in [-0.15, -0.1) is 0 Å². The predicted octanol–water partition coefficient (Wildman–Crippen LogP) is 3.29. The molecule has 150 valence electrons.